The molecule has 7 aromatic carbocycles. The summed E-state index contributed by atoms with van der Waals surface area (Å²) in [6.07, 6.45) is 0. The van der Waals surface area contributed by atoms with E-state index in [1.54, 1.807) is 0 Å². The summed E-state index contributed by atoms with van der Waals surface area (Å²) in [4.78, 5) is 12.7. The number of hydrogen-bond acceptors (Lipinski definition) is 3. The van der Waals surface area contributed by atoms with Crippen molar-refractivity contribution in [1.29, 1.82) is 0 Å². The number of para-hydroxylation sites is 1. The predicted molar refractivity (Wildman–Crippen MR) is 203 cm³/mol. The van der Waals surface area contributed by atoms with Gasteiger partial charge < -0.3 is 4.90 Å². The van der Waals surface area contributed by atoms with Crippen LogP contribution in [-0.2, 0) is 0 Å². The van der Waals surface area contributed by atoms with Crippen LogP contribution in [0.4, 0.5) is 17.1 Å². The molecule has 0 saturated carbocycles. The average molecular weight is 626 g/mol. The van der Waals surface area contributed by atoms with Gasteiger partial charge in [-0.25, -0.2) is 9.97 Å². The zero-order valence-corrected chi connectivity index (χ0v) is 26.7. The zero-order chi connectivity index (χ0) is 32.6. The third kappa shape index (κ3) is 5.28. The van der Waals surface area contributed by atoms with Gasteiger partial charge in [0, 0.05) is 33.5 Å². The molecule has 8 aromatic rings. The maximum Gasteiger partial charge on any atom is 0.160 e. The lowest BCUT2D eigenvalue weighted by molar-refractivity contribution is 1.18. The number of hydrogen-bond donors (Lipinski definition) is 0. The SMILES string of the molecule is c1ccc(-c2cccc(N3c4ccccc4-c4ccccc4-c4cc(-c5nc(-c6ccccc6)cc(-c6ccccc6)n5)ccc43)c2)cc1. The van der Waals surface area contributed by atoms with Crippen molar-refractivity contribution in [1.82, 2.24) is 9.97 Å². The van der Waals surface area contributed by atoms with Gasteiger partial charge in [0.2, 0.25) is 0 Å². The molecular weight excluding hydrogens is 595 g/mol. The van der Waals surface area contributed by atoms with Gasteiger partial charge >= 0.3 is 0 Å². The van der Waals surface area contributed by atoms with E-state index >= 15 is 0 Å². The van der Waals surface area contributed by atoms with Crippen LogP contribution in [0, 0.1) is 0 Å². The number of rotatable bonds is 5. The fraction of sp³-hybridized carbons (Fsp3) is 0. The predicted octanol–water partition coefficient (Wildman–Crippen LogP) is 12.3. The lowest BCUT2D eigenvalue weighted by atomic mass is 9.93. The molecule has 0 amide bonds. The molecule has 49 heavy (non-hydrogen) atoms. The quantitative estimate of drug-likeness (QED) is 0.191. The van der Waals surface area contributed by atoms with Crippen molar-refractivity contribution in [2.75, 3.05) is 4.90 Å². The fourth-order valence-corrected chi connectivity index (χ4v) is 6.89. The zero-order valence-electron chi connectivity index (χ0n) is 26.7. The molecule has 1 aromatic heterocycles. The van der Waals surface area contributed by atoms with Crippen LogP contribution < -0.4 is 4.90 Å². The molecule has 9 rings (SSSR count). The van der Waals surface area contributed by atoms with Gasteiger partial charge in [0.1, 0.15) is 0 Å². The molecule has 0 unspecified atom stereocenters. The molecule has 0 aliphatic carbocycles. The molecule has 0 atom stereocenters. The van der Waals surface area contributed by atoms with Crippen molar-refractivity contribution in [3.8, 4) is 67.3 Å². The van der Waals surface area contributed by atoms with E-state index in [2.05, 4.69) is 181 Å². The maximum absolute atomic E-state index is 5.16. The molecule has 0 spiro atoms. The second-order valence-corrected chi connectivity index (χ2v) is 12.2. The van der Waals surface area contributed by atoms with Crippen LogP contribution in [0.5, 0.6) is 0 Å². The Morgan fingerprint density at radius 3 is 1.47 bits per heavy atom. The van der Waals surface area contributed by atoms with Crippen LogP contribution >= 0.6 is 0 Å². The molecule has 0 saturated heterocycles. The van der Waals surface area contributed by atoms with Crippen LogP contribution in [0.15, 0.2) is 188 Å². The number of nitrogens with zero attached hydrogens (tertiary/aromatic N) is 3. The fourth-order valence-electron chi connectivity index (χ4n) is 6.89. The van der Waals surface area contributed by atoms with Gasteiger partial charge in [-0.05, 0) is 64.7 Å². The van der Waals surface area contributed by atoms with Crippen molar-refractivity contribution < 1.29 is 0 Å². The molecule has 1 aliphatic heterocycles. The third-order valence-electron chi connectivity index (χ3n) is 9.22. The van der Waals surface area contributed by atoms with E-state index in [0.717, 1.165) is 50.7 Å². The third-order valence-corrected chi connectivity index (χ3v) is 9.22. The summed E-state index contributed by atoms with van der Waals surface area (Å²) in [6, 6.07) is 66.3. The lowest BCUT2D eigenvalue weighted by Crippen LogP contribution is -2.11. The smallest absolute Gasteiger partial charge is 0.160 e. The molecule has 1 aliphatic rings. The van der Waals surface area contributed by atoms with E-state index in [1.165, 1.54) is 27.8 Å². The van der Waals surface area contributed by atoms with Gasteiger partial charge in [-0.1, -0.05) is 146 Å². The second-order valence-electron chi connectivity index (χ2n) is 12.2. The Kier molecular flexibility index (Phi) is 7.14. The molecule has 0 bridgehead atoms. The minimum atomic E-state index is 0.694. The monoisotopic (exact) mass is 625 g/mol. The first-order valence-corrected chi connectivity index (χ1v) is 16.6. The Morgan fingerprint density at radius 2 is 0.816 bits per heavy atom. The Bertz CT molecular complexity index is 2380. The first-order valence-electron chi connectivity index (χ1n) is 16.6. The molecule has 230 valence electrons. The summed E-state index contributed by atoms with van der Waals surface area (Å²) in [5.74, 6) is 0.694. The molecule has 0 radical (unpaired) electrons. The average Bonchev–Trinajstić information content (AvgIpc) is 3.31. The summed E-state index contributed by atoms with van der Waals surface area (Å²) in [5, 5.41) is 0. The van der Waals surface area contributed by atoms with Crippen molar-refractivity contribution in [2.24, 2.45) is 0 Å². The van der Waals surface area contributed by atoms with Gasteiger partial charge in [0.15, 0.2) is 5.82 Å². The summed E-state index contributed by atoms with van der Waals surface area (Å²) >= 11 is 0. The first-order chi connectivity index (χ1) is 24.3. The van der Waals surface area contributed by atoms with E-state index in [4.69, 9.17) is 9.97 Å². The molecule has 0 N–H and O–H groups in total. The number of aromatic nitrogens is 2. The van der Waals surface area contributed by atoms with Crippen molar-refractivity contribution >= 4 is 17.1 Å². The van der Waals surface area contributed by atoms with Crippen LogP contribution in [0.25, 0.3) is 67.3 Å². The Balaban J connectivity index is 1.27. The Morgan fingerprint density at radius 1 is 0.306 bits per heavy atom. The van der Waals surface area contributed by atoms with Gasteiger partial charge in [-0.15, -0.1) is 0 Å². The topological polar surface area (TPSA) is 29.0 Å². The normalized spacial score (nSPS) is 11.6. The van der Waals surface area contributed by atoms with Crippen LogP contribution in [0.3, 0.4) is 0 Å². The first kappa shape index (κ1) is 28.6. The highest BCUT2D eigenvalue weighted by Crippen LogP contribution is 2.51. The molecule has 2 heterocycles. The minimum absolute atomic E-state index is 0.694. The Labute approximate surface area is 286 Å². The van der Waals surface area contributed by atoms with Crippen LogP contribution in [0.1, 0.15) is 0 Å². The highest BCUT2D eigenvalue weighted by molar-refractivity contribution is 6.03. The lowest BCUT2D eigenvalue weighted by Gasteiger charge is -2.28. The highest BCUT2D eigenvalue weighted by atomic mass is 15.1. The maximum atomic E-state index is 5.16. The number of fused-ring (bicyclic) bond motifs is 5. The van der Waals surface area contributed by atoms with Crippen LogP contribution in [0.2, 0.25) is 0 Å². The Hall–Kier alpha value is -6.58. The van der Waals surface area contributed by atoms with E-state index in [-0.39, 0.29) is 0 Å². The van der Waals surface area contributed by atoms with Crippen LogP contribution in [-0.4, -0.2) is 9.97 Å². The van der Waals surface area contributed by atoms with Crippen molar-refractivity contribution in [2.45, 2.75) is 0 Å². The van der Waals surface area contributed by atoms with Crippen molar-refractivity contribution in [3.63, 3.8) is 0 Å². The van der Waals surface area contributed by atoms with Gasteiger partial charge in [0.05, 0.1) is 22.8 Å². The van der Waals surface area contributed by atoms with Gasteiger partial charge in [-0.2, -0.15) is 0 Å². The second kappa shape index (κ2) is 12.2. The largest absolute Gasteiger partial charge is 0.309 e. The summed E-state index contributed by atoms with van der Waals surface area (Å²) in [5.41, 5.74) is 15.3. The van der Waals surface area contributed by atoms with E-state index in [0.29, 0.717) is 5.82 Å². The minimum Gasteiger partial charge on any atom is -0.309 e. The summed E-state index contributed by atoms with van der Waals surface area (Å²) < 4.78 is 0. The van der Waals surface area contributed by atoms with Crippen molar-refractivity contribution in [3.05, 3.63) is 188 Å². The highest BCUT2D eigenvalue weighted by Gasteiger charge is 2.27. The molecule has 3 nitrogen and oxygen atoms in total. The summed E-state index contributed by atoms with van der Waals surface area (Å²) in [7, 11) is 0. The van der Waals surface area contributed by atoms with E-state index in [1.807, 2.05) is 12.1 Å². The molecule has 0 fully saturated rings. The van der Waals surface area contributed by atoms with Gasteiger partial charge in [-0.3, -0.25) is 0 Å². The van der Waals surface area contributed by atoms with E-state index < -0.39 is 0 Å². The number of benzene rings is 7. The van der Waals surface area contributed by atoms with E-state index in [9.17, 15) is 0 Å². The van der Waals surface area contributed by atoms with Gasteiger partial charge in [0.25, 0.3) is 0 Å². The summed E-state index contributed by atoms with van der Waals surface area (Å²) in [6.45, 7) is 0. The molecular formula is C46H31N3. The molecule has 3 heteroatoms. The standard InChI is InChI=1S/C46H31N3/c1-4-15-32(16-5-1)35-21-14-22-37(29-35)49-44-26-13-12-25-40(44)38-23-10-11-24-39(38)41-30-36(27-28-45(41)49)46-47-42(33-17-6-2-7-18-33)31-43(48-46)34-19-8-3-9-20-34/h1-31H. The number of anilines is 3.